The number of carbonyl (C=O) groups is 2. The average Bonchev–Trinajstić information content (AvgIpc) is 3.27. The van der Waals surface area contributed by atoms with Crippen molar-refractivity contribution < 1.29 is 14.3 Å². The molecule has 0 aliphatic heterocycles. The minimum atomic E-state index is -0.282. The van der Waals surface area contributed by atoms with Gasteiger partial charge in [-0.25, -0.2) is 4.68 Å². The summed E-state index contributed by atoms with van der Waals surface area (Å²) in [5.41, 5.74) is 2.36. The lowest BCUT2D eigenvalue weighted by atomic mass is 9.92. The van der Waals surface area contributed by atoms with Gasteiger partial charge in [0.2, 0.25) is 11.8 Å². The number of amides is 2. The van der Waals surface area contributed by atoms with Crippen LogP contribution in [0.1, 0.15) is 45.4 Å². The van der Waals surface area contributed by atoms with Gasteiger partial charge in [0.25, 0.3) is 0 Å². The van der Waals surface area contributed by atoms with Crippen LogP contribution in [0.5, 0.6) is 5.75 Å². The van der Waals surface area contributed by atoms with Crippen molar-refractivity contribution >= 4 is 23.7 Å². The van der Waals surface area contributed by atoms with Crippen LogP contribution in [0, 0.1) is 0 Å². The summed E-state index contributed by atoms with van der Waals surface area (Å²) >= 11 is 0. The van der Waals surface area contributed by atoms with Crippen LogP contribution >= 0.6 is 0 Å². The van der Waals surface area contributed by atoms with Gasteiger partial charge in [-0.05, 0) is 42.3 Å². The third-order valence-electron chi connectivity index (χ3n) is 5.42. The molecule has 0 fully saturated rings. The fraction of sp³-hybridized carbons (Fsp3) is 0.321. The molecule has 0 aliphatic rings. The van der Waals surface area contributed by atoms with Crippen molar-refractivity contribution in [2.45, 2.75) is 39.5 Å². The van der Waals surface area contributed by atoms with E-state index in [1.165, 1.54) is 6.08 Å². The molecule has 0 aliphatic carbocycles. The molecule has 0 atom stereocenters. The van der Waals surface area contributed by atoms with Gasteiger partial charge in [-0.15, -0.1) is 0 Å². The maximum absolute atomic E-state index is 13.0. The molecule has 0 saturated heterocycles. The van der Waals surface area contributed by atoms with Crippen LogP contribution in [0.3, 0.4) is 0 Å². The first-order chi connectivity index (χ1) is 16.7. The zero-order valence-corrected chi connectivity index (χ0v) is 21.1. The summed E-state index contributed by atoms with van der Waals surface area (Å²) in [5.74, 6) is 0.800. The van der Waals surface area contributed by atoms with E-state index >= 15 is 0 Å². The van der Waals surface area contributed by atoms with Gasteiger partial charge in [-0.2, -0.15) is 5.10 Å². The van der Waals surface area contributed by atoms with Gasteiger partial charge in [-0.1, -0.05) is 58.0 Å². The van der Waals surface area contributed by atoms with Crippen molar-refractivity contribution in [1.29, 1.82) is 0 Å². The Labute approximate surface area is 207 Å². The molecule has 2 aromatic carbocycles. The molecule has 35 heavy (non-hydrogen) atoms. The Morgan fingerprint density at radius 2 is 1.77 bits per heavy atom. The molecular formula is C28H34N4O3. The third-order valence-corrected chi connectivity index (χ3v) is 5.42. The minimum Gasteiger partial charge on any atom is -0.497 e. The zero-order valence-electron chi connectivity index (χ0n) is 21.1. The SMILES string of the molecule is CCCN(CC(=O)Nc1cc(C(C)(C)C)nn1-c1ccc(OC)cc1)C(=O)C=Cc1ccccc1. The predicted molar refractivity (Wildman–Crippen MR) is 140 cm³/mol. The Kier molecular flexibility index (Phi) is 8.47. The highest BCUT2D eigenvalue weighted by molar-refractivity contribution is 5.97. The number of carbonyl (C=O) groups excluding carboxylic acids is 2. The number of ether oxygens (including phenoxy) is 1. The van der Waals surface area contributed by atoms with E-state index < -0.39 is 0 Å². The number of methoxy groups -OCH3 is 1. The lowest BCUT2D eigenvalue weighted by Crippen LogP contribution is -2.37. The molecule has 0 unspecified atom stereocenters. The highest BCUT2D eigenvalue weighted by Crippen LogP contribution is 2.27. The highest BCUT2D eigenvalue weighted by Gasteiger charge is 2.22. The van der Waals surface area contributed by atoms with Crippen LogP contribution < -0.4 is 10.1 Å². The predicted octanol–water partition coefficient (Wildman–Crippen LogP) is 5.07. The van der Waals surface area contributed by atoms with Crippen molar-refractivity contribution in [3.05, 3.63) is 78.0 Å². The van der Waals surface area contributed by atoms with Gasteiger partial charge in [-0.3, -0.25) is 9.59 Å². The Morgan fingerprint density at radius 3 is 2.37 bits per heavy atom. The molecule has 7 nitrogen and oxygen atoms in total. The molecule has 2 amide bonds. The summed E-state index contributed by atoms with van der Waals surface area (Å²) in [6, 6.07) is 18.9. The standard InChI is InChI=1S/C28H34N4O3/c1-6-18-31(27(34)17-12-21-10-8-7-9-11-21)20-26(33)29-25-19-24(28(2,3)4)30-32(25)22-13-15-23(35-5)16-14-22/h7-17,19H,6,18,20H2,1-5H3,(H,29,33). The van der Waals surface area contributed by atoms with Crippen molar-refractivity contribution in [1.82, 2.24) is 14.7 Å². The van der Waals surface area contributed by atoms with Crippen molar-refractivity contribution in [2.75, 3.05) is 25.5 Å². The number of nitrogens with zero attached hydrogens (tertiary/aromatic N) is 3. The normalized spacial score (nSPS) is 11.5. The Hall–Kier alpha value is -3.87. The molecule has 3 aromatic rings. The molecule has 1 heterocycles. The fourth-order valence-corrected chi connectivity index (χ4v) is 3.49. The lowest BCUT2D eigenvalue weighted by Gasteiger charge is -2.20. The van der Waals surface area contributed by atoms with Crippen LogP contribution in [0.2, 0.25) is 0 Å². The van der Waals surface area contributed by atoms with Crippen LogP contribution in [0.4, 0.5) is 5.82 Å². The van der Waals surface area contributed by atoms with Crippen molar-refractivity contribution in [2.24, 2.45) is 0 Å². The smallest absolute Gasteiger partial charge is 0.247 e. The highest BCUT2D eigenvalue weighted by atomic mass is 16.5. The van der Waals surface area contributed by atoms with E-state index in [1.807, 2.05) is 67.6 Å². The van der Waals surface area contributed by atoms with Gasteiger partial charge in [0.1, 0.15) is 18.1 Å². The third kappa shape index (κ3) is 7.06. The van der Waals surface area contributed by atoms with Gasteiger partial charge in [0, 0.05) is 24.1 Å². The van der Waals surface area contributed by atoms with Crippen molar-refractivity contribution in [3.63, 3.8) is 0 Å². The van der Waals surface area contributed by atoms with Crippen molar-refractivity contribution in [3.8, 4) is 11.4 Å². The summed E-state index contributed by atoms with van der Waals surface area (Å²) in [7, 11) is 1.62. The van der Waals surface area contributed by atoms with E-state index in [0.29, 0.717) is 12.4 Å². The number of rotatable bonds is 9. The summed E-state index contributed by atoms with van der Waals surface area (Å²) in [6.45, 7) is 8.62. The quantitative estimate of drug-likeness (QED) is 0.440. The van der Waals surface area contributed by atoms with Gasteiger partial charge >= 0.3 is 0 Å². The second kappa shape index (κ2) is 11.5. The number of nitrogens with one attached hydrogen (secondary N) is 1. The first-order valence-corrected chi connectivity index (χ1v) is 11.8. The Morgan fingerprint density at radius 1 is 1.09 bits per heavy atom. The van der Waals surface area contributed by atoms with E-state index in [2.05, 4.69) is 26.1 Å². The van der Waals surface area contributed by atoms with Gasteiger partial charge < -0.3 is 15.0 Å². The maximum Gasteiger partial charge on any atom is 0.247 e. The van der Waals surface area contributed by atoms with Crippen LogP contribution in [-0.2, 0) is 15.0 Å². The first-order valence-electron chi connectivity index (χ1n) is 11.8. The molecular weight excluding hydrogens is 440 g/mol. The number of anilines is 1. The Bertz CT molecular complexity index is 1160. The molecule has 184 valence electrons. The minimum absolute atomic E-state index is 0.0511. The zero-order chi connectivity index (χ0) is 25.4. The van der Waals surface area contributed by atoms with Crippen LogP contribution in [0.15, 0.2) is 66.7 Å². The monoisotopic (exact) mass is 474 g/mol. The number of aromatic nitrogens is 2. The molecule has 1 N–H and O–H groups in total. The van der Waals surface area contributed by atoms with Crippen LogP contribution in [0.25, 0.3) is 11.8 Å². The van der Waals surface area contributed by atoms with E-state index in [-0.39, 0.29) is 23.8 Å². The fourth-order valence-electron chi connectivity index (χ4n) is 3.49. The summed E-state index contributed by atoms with van der Waals surface area (Å²) in [6.07, 6.45) is 4.02. The molecule has 0 bridgehead atoms. The summed E-state index contributed by atoms with van der Waals surface area (Å²) < 4.78 is 6.96. The molecule has 0 spiro atoms. The van der Waals surface area contributed by atoms with E-state index in [9.17, 15) is 9.59 Å². The topological polar surface area (TPSA) is 76.5 Å². The molecule has 7 heteroatoms. The molecule has 0 radical (unpaired) electrons. The van der Waals surface area contributed by atoms with E-state index in [4.69, 9.17) is 9.84 Å². The second-order valence-corrected chi connectivity index (χ2v) is 9.33. The van der Waals surface area contributed by atoms with Gasteiger partial charge in [0.15, 0.2) is 0 Å². The largest absolute Gasteiger partial charge is 0.497 e. The van der Waals surface area contributed by atoms with Gasteiger partial charge in [0.05, 0.1) is 18.5 Å². The first kappa shape index (κ1) is 25.7. The second-order valence-electron chi connectivity index (χ2n) is 9.33. The molecule has 1 aromatic heterocycles. The average molecular weight is 475 g/mol. The lowest BCUT2D eigenvalue weighted by molar-refractivity contribution is -0.130. The Balaban J connectivity index is 1.79. The number of benzene rings is 2. The number of hydrogen-bond donors (Lipinski definition) is 1. The summed E-state index contributed by atoms with van der Waals surface area (Å²) in [5, 5.41) is 7.70. The summed E-state index contributed by atoms with van der Waals surface area (Å²) in [4.78, 5) is 27.4. The van der Waals surface area contributed by atoms with E-state index in [0.717, 1.165) is 29.1 Å². The molecule has 0 saturated carbocycles. The number of hydrogen-bond acceptors (Lipinski definition) is 4. The van der Waals surface area contributed by atoms with E-state index in [1.54, 1.807) is 22.8 Å². The van der Waals surface area contributed by atoms with Crippen LogP contribution in [-0.4, -0.2) is 46.7 Å². The maximum atomic E-state index is 13.0. The molecule has 3 rings (SSSR count).